The van der Waals surface area contributed by atoms with Gasteiger partial charge in [-0.2, -0.15) is 0 Å². The van der Waals surface area contributed by atoms with Crippen molar-refractivity contribution in [2.45, 2.75) is 18.3 Å². The molecule has 1 heterocycles. The molecule has 1 aromatic heterocycles. The van der Waals surface area contributed by atoms with E-state index in [0.29, 0.717) is 0 Å². The van der Waals surface area contributed by atoms with Gasteiger partial charge in [-0.1, -0.05) is 34.1 Å². The molecule has 0 saturated heterocycles. The Balaban J connectivity index is 2.14. The molecule has 19 heavy (non-hydrogen) atoms. The van der Waals surface area contributed by atoms with Crippen molar-refractivity contribution in [3.05, 3.63) is 57.8 Å². The number of amides is 1. The molecule has 0 radical (unpaired) electrons. The van der Waals surface area contributed by atoms with E-state index in [9.17, 15) is 4.79 Å². The summed E-state index contributed by atoms with van der Waals surface area (Å²) in [5.74, 6) is 0.0574. The largest absolute Gasteiger partial charge is 0.334 e. The van der Waals surface area contributed by atoms with E-state index in [0.717, 1.165) is 10.9 Å². The van der Waals surface area contributed by atoms with Crippen molar-refractivity contribution >= 4 is 33.2 Å². The van der Waals surface area contributed by atoms with Crippen LogP contribution in [0.4, 0.5) is 0 Å². The average Bonchev–Trinajstić information content (AvgIpc) is 2.99. The van der Waals surface area contributed by atoms with E-state index in [1.165, 1.54) is 10.4 Å². The Bertz CT molecular complexity index is 536. The topological polar surface area (TPSA) is 20.3 Å². The van der Waals surface area contributed by atoms with Gasteiger partial charge in [-0.3, -0.25) is 4.79 Å². The zero-order valence-electron chi connectivity index (χ0n) is 11.0. The fourth-order valence-corrected chi connectivity index (χ4v) is 3.04. The van der Waals surface area contributed by atoms with Crippen LogP contribution in [-0.2, 0) is 5.33 Å². The van der Waals surface area contributed by atoms with Gasteiger partial charge in [0.1, 0.15) is 0 Å². The third-order valence-electron chi connectivity index (χ3n) is 3.21. The van der Waals surface area contributed by atoms with Crippen LogP contribution in [0.25, 0.3) is 0 Å². The maximum atomic E-state index is 12.4. The number of carbonyl (C=O) groups excluding carboxylic acids is 1. The molecule has 2 rings (SSSR count). The molecule has 4 heteroatoms. The number of rotatable bonds is 4. The molecule has 0 N–H and O–H groups in total. The predicted octanol–water partition coefficient (Wildman–Crippen LogP) is 4.48. The maximum Gasteiger partial charge on any atom is 0.254 e. The van der Waals surface area contributed by atoms with Crippen molar-refractivity contribution in [1.82, 2.24) is 4.90 Å². The van der Waals surface area contributed by atoms with Gasteiger partial charge in [0.05, 0.1) is 6.04 Å². The summed E-state index contributed by atoms with van der Waals surface area (Å²) < 4.78 is 0. The van der Waals surface area contributed by atoms with Gasteiger partial charge < -0.3 is 4.90 Å². The highest BCUT2D eigenvalue weighted by Crippen LogP contribution is 2.24. The highest BCUT2D eigenvalue weighted by atomic mass is 79.9. The van der Waals surface area contributed by atoms with Crippen LogP contribution in [0.2, 0.25) is 0 Å². The summed E-state index contributed by atoms with van der Waals surface area (Å²) in [6, 6.07) is 11.9. The second-order valence-corrected chi connectivity index (χ2v) is 5.98. The molecule has 0 spiro atoms. The van der Waals surface area contributed by atoms with Crippen molar-refractivity contribution in [2.75, 3.05) is 7.05 Å². The Hall–Kier alpha value is -1.13. The summed E-state index contributed by atoms with van der Waals surface area (Å²) in [5.41, 5.74) is 1.90. The lowest BCUT2D eigenvalue weighted by Crippen LogP contribution is -2.29. The Kier molecular flexibility index (Phi) is 4.77. The molecule has 1 aromatic carbocycles. The summed E-state index contributed by atoms with van der Waals surface area (Å²) >= 11 is 5.08. The fourth-order valence-electron chi connectivity index (χ4n) is 1.84. The molecule has 1 unspecified atom stereocenters. The van der Waals surface area contributed by atoms with Crippen LogP contribution in [0, 0.1) is 0 Å². The molecule has 0 bridgehead atoms. The zero-order valence-corrected chi connectivity index (χ0v) is 13.4. The molecular weight excluding hydrogens is 322 g/mol. The number of hydrogen-bond acceptors (Lipinski definition) is 2. The number of carbonyl (C=O) groups is 1. The molecule has 2 nitrogen and oxygen atoms in total. The van der Waals surface area contributed by atoms with E-state index in [1.54, 1.807) is 16.2 Å². The molecular formula is C15H16BrNOS. The lowest BCUT2D eigenvalue weighted by atomic mass is 10.1. The smallest absolute Gasteiger partial charge is 0.254 e. The van der Waals surface area contributed by atoms with E-state index in [2.05, 4.69) is 28.9 Å². The Labute approximate surface area is 126 Å². The molecule has 0 saturated carbocycles. The minimum Gasteiger partial charge on any atom is -0.334 e. The summed E-state index contributed by atoms with van der Waals surface area (Å²) in [7, 11) is 1.85. The summed E-state index contributed by atoms with van der Waals surface area (Å²) in [5, 5.41) is 2.85. The van der Waals surface area contributed by atoms with Crippen LogP contribution < -0.4 is 0 Å². The Morgan fingerprint density at radius 1 is 1.32 bits per heavy atom. The van der Waals surface area contributed by atoms with Crippen LogP contribution >= 0.6 is 27.3 Å². The van der Waals surface area contributed by atoms with Crippen molar-refractivity contribution in [1.29, 1.82) is 0 Å². The lowest BCUT2D eigenvalue weighted by Gasteiger charge is -2.24. The van der Waals surface area contributed by atoms with Gasteiger partial charge in [-0.05, 0) is 36.1 Å². The first-order valence-electron chi connectivity index (χ1n) is 6.09. The monoisotopic (exact) mass is 337 g/mol. The summed E-state index contributed by atoms with van der Waals surface area (Å²) in [6.45, 7) is 2.05. The molecule has 0 aliphatic heterocycles. The standard InChI is InChI=1S/C15H16BrNOS/c1-11(14-4-3-9-19-14)17(2)15(18)13-7-5-12(10-16)6-8-13/h3-9,11H,10H2,1-2H3. The summed E-state index contributed by atoms with van der Waals surface area (Å²) in [4.78, 5) is 15.4. The van der Waals surface area contributed by atoms with Gasteiger partial charge in [0.2, 0.25) is 0 Å². The molecule has 100 valence electrons. The highest BCUT2D eigenvalue weighted by molar-refractivity contribution is 9.08. The van der Waals surface area contributed by atoms with E-state index >= 15 is 0 Å². The maximum absolute atomic E-state index is 12.4. The van der Waals surface area contributed by atoms with E-state index in [4.69, 9.17) is 0 Å². The van der Waals surface area contributed by atoms with Crippen LogP contribution in [0.1, 0.15) is 33.8 Å². The second-order valence-electron chi connectivity index (χ2n) is 4.44. The van der Waals surface area contributed by atoms with Gasteiger partial charge in [0.15, 0.2) is 0 Å². The first-order valence-corrected chi connectivity index (χ1v) is 8.09. The first kappa shape index (κ1) is 14.3. The molecule has 0 aliphatic rings. The predicted molar refractivity (Wildman–Crippen MR) is 83.9 cm³/mol. The van der Waals surface area contributed by atoms with Gasteiger partial charge in [-0.15, -0.1) is 11.3 Å². The van der Waals surface area contributed by atoms with Crippen molar-refractivity contribution in [3.63, 3.8) is 0 Å². The van der Waals surface area contributed by atoms with Crippen molar-refractivity contribution < 1.29 is 4.79 Å². The van der Waals surface area contributed by atoms with Gasteiger partial charge >= 0.3 is 0 Å². The average molecular weight is 338 g/mol. The third kappa shape index (κ3) is 3.25. The molecule has 1 amide bonds. The van der Waals surface area contributed by atoms with Crippen LogP contribution in [0.5, 0.6) is 0 Å². The summed E-state index contributed by atoms with van der Waals surface area (Å²) in [6.07, 6.45) is 0. The fraction of sp³-hybridized carbons (Fsp3) is 0.267. The van der Waals surface area contributed by atoms with Gasteiger partial charge in [0, 0.05) is 22.8 Å². The van der Waals surface area contributed by atoms with Crippen LogP contribution in [0.3, 0.4) is 0 Å². The molecule has 0 fully saturated rings. The number of halogens is 1. The molecule has 1 atom stereocenters. The van der Waals surface area contributed by atoms with Crippen LogP contribution in [-0.4, -0.2) is 17.9 Å². The quantitative estimate of drug-likeness (QED) is 0.753. The van der Waals surface area contributed by atoms with E-state index in [-0.39, 0.29) is 11.9 Å². The third-order valence-corrected chi connectivity index (χ3v) is 4.90. The van der Waals surface area contributed by atoms with E-state index in [1.807, 2.05) is 42.8 Å². The second kappa shape index (κ2) is 6.35. The number of hydrogen-bond donors (Lipinski definition) is 0. The van der Waals surface area contributed by atoms with Gasteiger partial charge in [0.25, 0.3) is 5.91 Å². The zero-order chi connectivity index (χ0) is 13.8. The Morgan fingerprint density at radius 3 is 2.53 bits per heavy atom. The molecule has 0 aliphatic carbocycles. The number of thiophene rings is 1. The number of nitrogens with zero attached hydrogens (tertiary/aromatic N) is 1. The number of alkyl halides is 1. The first-order chi connectivity index (χ1) is 9.13. The minimum atomic E-state index is 0.0574. The normalized spacial score (nSPS) is 12.2. The van der Waals surface area contributed by atoms with Crippen molar-refractivity contribution in [3.8, 4) is 0 Å². The Morgan fingerprint density at radius 2 is 2.00 bits per heavy atom. The minimum absolute atomic E-state index is 0.0574. The van der Waals surface area contributed by atoms with Crippen LogP contribution in [0.15, 0.2) is 41.8 Å². The lowest BCUT2D eigenvalue weighted by molar-refractivity contribution is 0.0745. The van der Waals surface area contributed by atoms with E-state index < -0.39 is 0 Å². The highest BCUT2D eigenvalue weighted by Gasteiger charge is 2.19. The SMILES string of the molecule is CC(c1cccs1)N(C)C(=O)c1ccc(CBr)cc1. The molecule has 2 aromatic rings. The van der Waals surface area contributed by atoms with Gasteiger partial charge in [-0.25, -0.2) is 0 Å². The number of benzene rings is 1. The van der Waals surface area contributed by atoms with Crippen molar-refractivity contribution in [2.24, 2.45) is 0 Å².